The van der Waals surface area contributed by atoms with Crippen LogP contribution < -0.4 is 5.32 Å². The molecule has 2 aromatic rings. The predicted octanol–water partition coefficient (Wildman–Crippen LogP) is 4.52. The van der Waals surface area contributed by atoms with Gasteiger partial charge in [-0.25, -0.2) is 0 Å². The molecule has 1 aliphatic heterocycles. The number of likely N-dealkylation sites (tertiary alicyclic amines) is 1. The van der Waals surface area contributed by atoms with Gasteiger partial charge < -0.3 is 0 Å². The maximum Gasteiger partial charge on any atom is 0.257 e. The number of benzene rings is 1. The first-order chi connectivity index (χ1) is 12.6. The Morgan fingerprint density at radius 2 is 2.15 bits per heavy atom. The Kier molecular flexibility index (Phi) is 7.05. The second kappa shape index (κ2) is 9.48. The summed E-state index contributed by atoms with van der Waals surface area (Å²) in [5, 5.41) is 11.5. The Morgan fingerprint density at radius 1 is 1.35 bits per heavy atom. The maximum atomic E-state index is 12.4. The summed E-state index contributed by atoms with van der Waals surface area (Å²) in [5.41, 5.74) is 1.91. The Bertz CT molecular complexity index is 717. The normalized spacial score (nSPS) is 18.0. The Balaban J connectivity index is 1.54. The Morgan fingerprint density at radius 3 is 2.88 bits per heavy atom. The lowest BCUT2D eigenvalue weighted by Crippen LogP contribution is -2.33. The van der Waals surface area contributed by atoms with E-state index in [9.17, 15) is 4.79 Å². The molecule has 1 N–H and O–H groups in total. The molecular weight excluding hydrogens is 364 g/mol. The van der Waals surface area contributed by atoms with Gasteiger partial charge in [0.1, 0.15) is 0 Å². The average Bonchev–Trinajstić information content (AvgIpc) is 3.08. The van der Waals surface area contributed by atoms with Gasteiger partial charge >= 0.3 is 0 Å². The zero-order chi connectivity index (χ0) is 18.4. The van der Waals surface area contributed by atoms with Crippen molar-refractivity contribution in [3.63, 3.8) is 0 Å². The van der Waals surface area contributed by atoms with Gasteiger partial charge in [-0.1, -0.05) is 49.1 Å². The number of hydrogen-bond donors (Lipinski definition) is 1. The largest absolute Gasteiger partial charge is 0.299 e. The van der Waals surface area contributed by atoms with Crippen molar-refractivity contribution in [1.82, 2.24) is 15.1 Å². The molecule has 0 saturated carbocycles. The van der Waals surface area contributed by atoms with Gasteiger partial charge in [-0.2, -0.15) is 0 Å². The van der Waals surface area contributed by atoms with Crippen LogP contribution >= 0.6 is 23.1 Å². The van der Waals surface area contributed by atoms with Crippen LogP contribution in [-0.2, 0) is 6.54 Å². The van der Waals surface area contributed by atoms with Crippen LogP contribution in [0, 0.1) is 5.92 Å². The number of nitrogens with one attached hydrogen (secondary N) is 1. The molecule has 0 aliphatic carbocycles. The molecule has 1 aromatic carbocycles. The number of thioether (sulfide) groups is 1. The van der Waals surface area contributed by atoms with E-state index in [0.29, 0.717) is 10.7 Å². The van der Waals surface area contributed by atoms with E-state index in [1.807, 2.05) is 12.1 Å². The highest BCUT2D eigenvalue weighted by Gasteiger charge is 2.16. The molecule has 0 radical (unpaired) electrons. The second-order valence-corrected chi connectivity index (χ2v) is 9.17. The summed E-state index contributed by atoms with van der Waals surface area (Å²) in [7, 11) is 0. The van der Waals surface area contributed by atoms with Crippen molar-refractivity contribution in [2.75, 3.05) is 24.2 Å². The summed E-state index contributed by atoms with van der Waals surface area (Å²) in [4.78, 5) is 14.9. The molecule has 1 aromatic heterocycles. The lowest BCUT2D eigenvalue weighted by Gasteiger charge is -2.30. The molecule has 2 heterocycles. The van der Waals surface area contributed by atoms with Crippen LogP contribution in [0.15, 0.2) is 28.6 Å². The molecular formula is C19H26N4OS2. The van der Waals surface area contributed by atoms with Gasteiger partial charge in [0.2, 0.25) is 5.13 Å². The Hall–Kier alpha value is -1.44. The molecule has 26 heavy (non-hydrogen) atoms. The number of amides is 1. The number of hydrogen-bond acceptors (Lipinski definition) is 6. The summed E-state index contributed by atoms with van der Waals surface area (Å²) in [6.45, 7) is 7.74. The highest BCUT2D eigenvalue weighted by atomic mass is 32.2. The zero-order valence-electron chi connectivity index (χ0n) is 15.4. The van der Waals surface area contributed by atoms with Crippen LogP contribution in [0.5, 0.6) is 0 Å². The van der Waals surface area contributed by atoms with E-state index in [0.717, 1.165) is 35.5 Å². The fraction of sp³-hybridized carbons (Fsp3) is 0.526. The SMILES string of the molecule is CCCSc1nnc(NC(=O)c2ccc(CN3CCC[C@@H](C)C3)cc2)s1. The number of nitrogens with zero attached hydrogens (tertiary/aromatic N) is 3. The number of piperidine rings is 1. The van der Waals surface area contributed by atoms with Crippen molar-refractivity contribution >= 4 is 34.1 Å². The number of anilines is 1. The lowest BCUT2D eigenvalue weighted by atomic mass is 9.99. The minimum absolute atomic E-state index is 0.133. The third kappa shape index (κ3) is 5.53. The standard InChI is InChI=1S/C19H26N4OS2/c1-3-11-25-19-22-21-18(26-19)20-17(24)16-8-6-15(7-9-16)13-23-10-4-5-14(2)12-23/h6-9,14H,3-5,10-13H2,1-2H3,(H,20,21,24)/t14-/m1/s1. The number of carbonyl (C=O) groups excluding carboxylic acids is 1. The summed E-state index contributed by atoms with van der Waals surface area (Å²) in [6.07, 6.45) is 3.70. The topological polar surface area (TPSA) is 58.1 Å². The zero-order valence-corrected chi connectivity index (χ0v) is 17.0. The van der Waals surface area contributed by atoms with Crippen molar-refractivity contribution in [1.29, 1.82) is 0 Å². The molecule has 0 spiro atoms. The molecule has 0 bridgehead atoms. The third-order valence-corrected chi connectivity index (χ3v) is 6.60. The van der Waals surface area contributed by atoms with Crippen LogP contribution in [0.25, 0.3) is 0 Å². The lowest BCUT2D eigenvalue weighted by molar-refractivity contribution is 0.102. The second-order valence-electron chi connectivity index (χ2n) is 6.86. The molecule has 140 valence electrons. The minimum Gasteiger partial charge on any atom is -0.299 e. The van der Waals surface area contributed by atoms with E-state index in [2.05, 4.69) is 46.4 Å². The third-order valence-electron chi connectivity index (χ3n) is 4.42. The van der Waals surface area contributed by atoms with E-state index in [1.165, 1.54) is 36.3 Å². The van der Waals surface area contributed by atoms with Crippen molar-refractivity contribution < 1.29 is 4.79 Å². The number of aromatic nitrogens is 2. The first-order valence-corrected chi connectivity index (χ1v) is 11.0. The van der Waals surface area contributed by atoms with Gasteiger partial charge in [0.25, 0.3) is 5.91 Å². The fourth-order valence-electron chi connectivity index (χ4n) is 3.13. The van der Waals surface area contributed by atoms with Gasteiger partial charge in [-0.15, -0.1) is 10.2 Å². The summed E-state index contributed by atoms with van der Waals surface area (Å²) in [5.74, 6) is 1.66. The van der Waals surface area contributed by atoms with E-state index in [1.54, 1.807) is 11.8 Å². The molecule has 1 aliphatic rings. The van der Waals surface area contributed by atoms with E-state index >= 15 is 0 Å². The average molecular weight is 391 g/mol. The summed E-state index contributed by atoms with van der Waals surface area (Å²) < 4.78 is 0.897. The fourth-order valence-corrected chi connectivity index (χ4v) is 4.80. The van der Waals surface area contributed by atoms with E-state index in [4.69, 9.17) is 0 Å². The first-order valence-electron chi connectivity index (χ1n) is 9.23. The number of carbonyl (C=O) groups is 1. The highest BCUT2D eigenvalue weighted by Crippen LogP contribution is 2.26. The van der Waals surface area contributed by atoms with Crippen LogP contribution in [0.4, 0.5) is 5.13 Å². The molecule has 0 unspecified atom stereocenters. The van der Waals surface area contributed by atoms with Crippen molar-refractivity contribution in [3.05, 3.63) is 35.4 Å². The van der Waals surface area contributed by atoms with Gasteiger partial charge in [0.05, 0.1) is 0 Å². The van der Waals surface area contributed by atoms with Crippen molar-refractivity contribution in [2.45, 2.75) is 44.0 Å². The predicted molar refractivity (Wildman–Crippen MR) is 109 cm³/mol. The van der Waals surface area contributed by atoms with Crippen LogP contribution in [0.2, 0.25) is 0 Å². The molecule has 1 amide bonds. The first kappa shape index (κ1) is 19.3. The van der Waals surface area contributed by atoms with Crippen LogP contribution in [0.3, 0.4) is 0 Å². The van der Waals surface area contributed by atoms with Gasteiger partial charge in [-0.05, 0) is 49.4 Å². The Labute approximate surface area is 163 Å². The van der Waals surface area contributed by atoms with Crippen LogP contribution in [0.1, 0.15) is 49.0 Å². The summed E-state index contributed by atoms with van der Waals surface area (Å²) >= 11 is 3.10. The highest BCUT2D eigenvalue weighted by molar-refractivity contribution is 8.01. The minimum atomic E-state index is -0.133. The molecule has 1 atom stereocenters. The monoisotopic (exact) mass is 390 g/mol. The van der Waals surface area contributed by atoms with Gasteiger partial charge in [0.15, 0.2) is 4.34 Å². The van der Waals surface area contributed by atoms with E-state index < -0.39 is 0 Å². The molecule has 1 saturated heterocycles. The van der Waals surface area contributed by atoms with Crippen molar-refractivity contribution in [2.24, 2.45) is 5.92 Å². The number of rotatable bonds is 7. The van der Waals surface area contributed by atoms with E-state index in [-0.39, 0.29) is 5.91 Å². The van der Waals surface area contributed by atoms with Gasteiger partial charge in [-0.3, -0.25) is 15.0 Å². The van der Waals surface area contributed by atoms with Crippen LogP contribution in [-0.4, -0.2) is 39.8 Å². The molecule has 7 heteroatoms. The quantitative estimate of drug-likeness (QED) is 0.556. The van der Waals surface area contributed by atoms with Crippen molar-refractivity contribution in [3.8, 4) is 0 Å². The molecule has 1 fully saturated rings. The maximum absolute atomic E-state index is 12.4. The summed E-state index contributed by atoms with van der Waals surface area (Å²) in [6, 6.07) is 7.89. The van der Waals surface area contributed by atoms with Gasteiger partial charge in [0, 0.05) is 24.4 Å². The smallest absolute Gasteiger partial charge is 0.257 e. The molecule has 3 rings (SSSR count). The molecule has 5 nitrogen and oxygen atoms in total.